The minimum absolute atomic E-state index is 0.102. The van der Waals surface area contributed by atoms with Crippen molar-refractivity contribution in [2.24, 2.45) is 0 Å². The van der Waals surface area contributed by atoms with Crippen LogP contribution >= 0.6 is 11.8 Å². The molecule has 2 heterocycles. The van der Waals surface area contributed by atoms with Crippen molar-refractivity contribution < 1.29 is 19.1 Å². The molecule has 4 rings (SSSR count). The van der Waals surface area contributed by atoms with Gasteiger partial charge in [0, 0.05) is 24.6 Å². The molecule has 4 amide bonds. The lowest BCUT2D eigenvalue weighted by Gasteiger charge is -2.23. The predicted octanol–water partition coefficient (Wildman–Crippen LogP) is 2.46. The second kappa shape index (κ2) is 10.4. The predicted molar refractivity (Wildman–Crippen MR) is 127 cm³/mol. The van der Waals surface area contributed by atoms with Gasteiger partial charge in [-0.05, 0) is 36.8 Å². The van der Waals surface area contributed by atoms with Crippen LogP contribution in [-0.4, -0.2) is 51.5 Å². The Bertz CT molecular complexity index is 1210. The number of nitrogens with one attached hydrogen (secondary N) is 3. The van der Waals surface area contributed by atoms with Crippen LogP contribution in [0.2, 0.25) is 0 Å². The smallest absolute Gasteiger partial charge is 0.321 e. The molecule has 11 heteroatoms. The number of hydrogen-bond acceptors (Lipinski definition) is 7. The summed E-state index contributed by atoms with van der Waals surface area (Å²) in [5.74, 6) is 0.705. The minimum atomic E-state index is -0.523. The molecule has 3 N–H and O–H groups in total. The monoisotopic (exact) mass is 480 g/mol. The van der Waals surface area contributed by atoms with E-state index in [1.165, 1.54) is 11.8 Å². The number of carbonyl (C=O) groups is 3. The van der Waals surface area contributed by atoms with E-state index < -0.39 is 12.1 Å². The number of amides is 4. The van der Waals surface area contributed by atoms with Crippen LogP contribution in [0.25, 0.3) is 5.69 Å². The molecule has 3 aromatic rings. The molecule has 0 radical (unpaired) electrons. The topological polar surface area (TPSA) is 127 Å². The van der Waals surface area contributed by atoms with Gasteiger partial charge in [-0.15, -0.1) is 10.2 Å². The van der Waals surface area contributed by atoms with Gasteiger partial charge in [-0.3, -0.25) is 19.5 Å². The number of urea groups is 1. The van der Waals surface area contributed by atoms with E-state index in [1.54, 1.807) is 19.2 Å². The van der Waals surface area contributed by atoms with Crippen LogP contribution in [0.4, 0.5) is 10.5 Å². The summed E-state index contributed by atoms with van der Waals surface area (Å²) in [7, 11) is 1.55. The van der Waals surface area contributed by atoms with E-state index in [-0.39, 0.29) is 24.0 Å². The van der Waals surface area contributed by atoms with Gasteiger partial charge in [0.25, 0.3) is 0 Å². The Kier molecular flexibility index (Phi) is 7.12. The van der Waals surface area contributed by atoms with Crippen molar-refractivity contribution in [1.82, 2.24) is 25.4 Å². The number of anilines is 1. The van der Waals surface area contributed by atoms with Gasteiger partial charge in [0.15, 0.2) is 5.16 Å². The lowest BCUT2D eigenvalue weighted by atomic mass is 10.1. The summed E-state index contributed by atoms with van der Waals surface area (Å²) in [5, 5.41) is 17.0. The Morgan fingerprint density at radius 2 is 2.03 bits per heavy atom. The number of aryl methyl sites for hydroxylation is 1. The van der Waals surface area contributed by atoms with Gasteiger partial charge in [-0.1, -0.05) is 36.0 Å². The van der Waals surface area contributed by atoms with Gasteiger partial charge in [-0.2, -0.15) is 0 Å². The highest BCUT2D eigenvalue weighted by molar-refractivity contribution is 7.99. The van der Waals surface area contributed by atoms with Crippen LogP contribution in [0, 0.1) is 6.92 Å². The van der Waals surface area contributed by atoms with Crippen molar-refractivity contribution in [3.8, 4) is 11.4 Å². The molecule has 1 unspecified atom stereocenters. The molecule has 0 aliphatic carbocycles. The fraction of sp³-hybridized carbons (Fsp3) is 0.261. The van der Waals surface area contributed by atoms with E-state index in [1.807, 2.05) is 47.9 Å². The number of benzene rings is 2. The third-order valence-corrected chi connectivity index (χ3v) is 6.05. The third kappa shape index (κ3) is 5.54. The Balaban J connectivity index is 1.54. The average Bonchev–Trinajstić information content (AvgIpc) is 3.19. The molecule has 1 aliphatic heterocycles. The number of thioether (sulfide) groups is 1. The van der Waals surface area contributed by atoms with Gasteiger partial charge in [-0.25, -0.2) is 4.79 Å². The highest BCUT2D eigenvalue weighted by Gasteiger charge is 2.27. The summed E-state index contributed by atoms with van der Waals surface area (Å²) in [6, 6.07) is 14.1. The first-order chi connectivity index (χ1) is 16.4. The van der Waals surface area contributed by atoms with Crippen LogP contribution in [-0.2, 0) is 16.0 Å². The van der Waals surface area contributed by atoms with Gasteiger partial charge in [0.2, 0.25) is 11.8 Å². The molecule has 1 aliphatic rings. The van der Waals surface area contributed by atoms with E-state index in [0.717, 1.165) is 11.3 Å². The van der Waals surface area contributed by atoms with Crippen molar-refractivity contribution >= 4 is 35.3 Å². The Morgan fingerprint density at radius 3 is 2.79 bits per heavy atom. The summed E-state index contributed by atoms with van der Waals surface area (Å²) in [4.78, 5) is 36.1. The SMILES string of the molecule is COc1ccccc1NC(=O)CSc1nnc(CC2CC(=O)NC(=O)N2)n1-c1cccc(C)c1. The number of methoxy groups -OCH3 is 1. The van der Waals surface area contributed by atoms with Crippen molar-refractivity contribution in [3.63, 3.8) is 0 Å². The van der Waals surface area contributed by atoms with Gasteiger partial charge >= 0.3 is 6.03 Å². The number of hydrogen-bond donors (Lipinski definition) is 3. The van der Waals surface area contributed by atoms with Crippen molar-refractivity contribution in [1.29, 1.82) is 0 Å². The molecule has 1 atom stereocenters. The molecule has 34 heavy (non-hydrogen) atoms. The fourth-order valence-corrected chi connectivity index (χ4v) is 4.41. The Hall–Kier alpha value is -3.86. The molecule has 2 aromatic carbocycles. The highest BCUT2D eigenvalue weighted by Crippen LogP contribution is 2.26. The number of rotatable bonds is 8. The zero-order valence-corrected chi connectivity index (χ0v) is 19.5. The number of nitrogens with zero attached hydrogens (tertiary/aromatic N) is 3. The van der Waals surface area contributed by atoms with Crippen LogP contribution in [0.3, 0.4) is 0 Å². The molecule has 10 nitrogen and oxygen atoms in total. The van der Waals surface area contributed by atoms with Crippen molar-refractivity contribution in [2.45, 2.75) is 31.0 Å². The Labute approximate surface area is 200 Å². The van der Waals surface area contributed by atoms with Gasteiger partial charge in [0.1, 0.15) is 11.6 Å². The maximum Gasteiger partial charge on any atom is 0.321 e. The number of aromatic nitrogens is 3. The summed E-state index contributed by atoms with van der Waals surface area (Å²) in [5.41, 5.74) is 2.47. The third-order valence-electron chi connectivity index (χ3n) is 5.12. The molecule has 1 fully saturated rings. The summed E-state index contributed by atoms with van der Waals surface area (Å²) in [6.07, 6.45) is 0.463. The van der Waals surface area contributed by atoms with Gasteiger partial charge < -0.3 is 15.4 Å². The van der Waals surface area contributed by atoms with E-state index in [0.29, 0.717) is 28.8 Å². The maximum absolute atomic E-state index is 12.6. The van der Waals surface area contributed by atoms with E-state index in [2.05, 4.69) is 26.1 Å². The molecule has 0 bridgehead atoms. The Morgan fingerprint density at radius 1 is 1.21 bits per heavy atom. The van der Waals surface area contributed by atoms with E-state index in [4.69, 9.17) is 4.74 Å². The zero-order chi connectivity index (χ0) is 24.1. The molecule has 0 spiro atoms. The normalized spacial score (nSPS) is 15.4. The maximum atomic E-state index is 12.6. The van der Waals surface area contributed by atoms with Gasteiger partial charge in [0.05, 0.1) is 18.6 Å². The van der Waals surface area contributed by atoms with Crippen molar-refractivity contribution in [2.75, 3.05) is 18.2 Å². The van der Waals surface area contributed by atoms with Crippen LogP contribution in [0.1, 0.15) is 17.8 Å². The minimum Gasteiger partial charge on any atom is -0.495 e. The fourth-order valence-electron chi connectivity index (χ4n) is 3.63. The van der Waals surface area contributed by atoms with Crippen LogP contribution in [0.5, 0.6) is 5.75 Å². The summed E-state index contributed by atoms with van der Waals surface area (Å²) < 4.78 is 7.14. The molecule has 0 saturated carbocycles. The highest BCUT2D eigenvalue weighted by atomic mass is 32.2. The second-order valence-electron chi connectivity index (χ2n) is 7.74. The average molecular weight is 481 g/mol. The molecular weight excluding hydrogens is 456 g/mol. The van der Waals surface area contributed by atoms with Crippen LogP contribution < -0.4 is 20.7 Å². The molecule has 176 valence electrons. The lowest BCUT2D eigenvalue weighted by Crippen LogP contribution is -2.53. The standard InChI is InChI=1S/C23H24N6O4S/c1-14-6-5-7-16(10-14)29-19(11-15-12-20(30)26-22(32)24-15)27-28-23(29)34-13-21(31)25-17-8-3-4-9-18(17)33-2/h3-10,15H,11-13H2,1-2H3,(H,25,31)(H2,24,26,30,32). The summed E-state index contributed by atoms with van der Waals surface area (Å²) in [6.45, 7) is 1.98. The second-order valence-corrected chi connectivity index (χ2v) is 8.68. The number of imide groups is 1. The van der Waals surface area contributed by atoms with E-state index in [9.17, 15) is 14.4 Å². The van der Waals surface area contributed by atoms with E-state index >= 15 is 0 Å². The first-order valence-corrected chi connectivity index (χ1v) is 11.6. The quantitative estimate of drug-likeness (QED) is 0.423. The van der Waals surface area contributed by atoms with Crippen LogP contribution in [0.15, 0.2) is 53.7 Å². The molecule has 1 aromatic heterocycles. The lowest BCUT2D eigenvalue weighted by molar-refractivity contribution is -0.121. The van der Waals surface area contributed by atoms with Crippen molar-refractivity contribution in [3.05, 3.63) is 59.9 Å². The summed E-state index contributed by atoms with van der Waals surface area (Å²) >= 11 is 1.24. The number of carbonyl (C=O) groups excluding carboxylic acids is 3. The number of para-hydroxylation sites is 2. The molecular formula is C23H24N6O4S. The molecule has 1 saturated heterocycles. The largest absolute Gasteiger partial charge is 0.495 e. The zero-order valence-electron chi connectivity index (χ0n) is 18.7. The first-order valence-electron chi connectivity index (χ1n) is 10.6. The first kappa shape index (κ1) is 23.3. The number of ether oxygens (including phenoxy) is 1.